The molecule has 214 valence electrons. The van der Waals surface area contributed by atoms with Gasteiger partial charge in [0.1, 0.15) is 23.4 Å². The molecule has 0 aliphatic carbocycles. The van der Waals surface area contributed by atoms with Crippen molar-refractivity contribution in [1.82, 2.24) is 10.2 Å². The van der Waals surface area contributed by atoms with Crippen molar-refractivity contribution < 1.29 is 29.3 Å². The third-order valence-electron chi connectivity index (χ3n) is 5.79. The van der Waals surface area contributed by atoms with Gasteiger partial charge in [-0.1, -0.05) is 29.8 Å². The van der Waals surface area contributed by atoms with Crippen molar-refractivity contribution in [2.45, 2.75) is 58.7 Å². The molecule has 0 saturated heterocycles. The number of nitrogens with one attached hydrogen (secondary N) is 2. The maximum atomic E-state index is 14.0. The fourth-order valence-corrected chi connectivity index (χ4v) is 4.66. The number of aromatic hydroxyl groups is 1. The van der Waals surface area contributed by atoms with Gasteiger partial charge in [-0.05, 0) is 87.9 Å². The molecule has 11 heteroatoms. The second-order valence-corrected chi connectivity index (χ2v) is 11.5. The first kappa shape index (κ1) is 32.3. The Bertz CT molecular complexity index is 1150. The summed E-state index contributed by atoms with van der Waals surface area (Å²) in [4.78, 5) is 41.7. The number of carbonyl (C=O) groups excluding carboxylic acids is 3. The molecule has 0 heterocycles. The highest BCUT2D eigenvalue weighted by Gasteiger charge is 2.36. The summed E-state index contributed by atoms with van der Waals surface area (Å²) < 4.78 is 5.37. The molecule has 0 spiro atoms. The number of phenolic OH excluding ortho intramolecular Hbond substituents is 1. The van der Waals surface area contributed by atoms with E-state index in [1.54, 1.807) is 65.0 Å². The van der Waals surface area contributed by atoms with Gasteiger partial charge in [0.25, 0.3) is 5.91 Å². The smallest absolute Gasteiger partial charge is 0.408 e. The predicted octanol–water partition coefficient (Wildman–Crippen LogP) is 4.81. The van der Waals surface area contributed by atoms with E-state index in [0.717, 1.165) is 5.56 Å². The number of phenols is 1. The molecule has 2 atom stereocenters. The second kappa shape index (κ2) is 14.4. The van der Waals surface area contributed by atoms with Gasteiger partial charge in [-0.15, -0.1) is 0 Å². The Labute approximate surface area is 239 Å². The second-order valence-electron chi connectivity index (χ2n) is 10.1. The highest BCUT2D eigenvalue weighted by Crippen LogP contribution is 2.31. The first-order valence-electron chi connectivity index (χ1n) is 12.5. The van der Waals surface area contributed by atoms with Gasteiger partial charge in [-0.2, -0.15) is 11.8 Å². The van der Waals surface area contributed by atoms with E-state index in [9.17, 15) is 24.6 Å². The number of thioether (sulfide) groups is 1. The van der Waals surface area contributed by atoms with Crippen LogP contribution in [0.5, 0.6) is 5.75 Å². The number of nitrogens with zero attached hydrogens (tertiary/aromatic N) is 1. The van der Waals surface area contributed by atoms with Gasteiger partial charge in [0, 0.05) is 6.54 Å². The van der Waals surface area contributed by atoms with Crippen LogP contribution in [0.2, 0.25) is 5.02 Å². The van der Waals surface area contributed by atoms with Crippen molar-refractivity contribution in [3.63, 3.8) is 0 Å². The van der Waals surface area contributed by atoms with Gasteiger partial charge in [-0.3, -0.25) is 9.59 Å². The van der Waals surface area contributed by atoms with Crippen LogP contribution in [0.15, 0.2) is 36.4 Å². The number of hydrogen-bond acceptors (Lipinski definition) is 7. The SMILES string of the molecule is CSCCC(NC(=O)OC(C)(C)C)C(=O)N(CCO)C(C(=O)Nc1c(C)cccc1Cl)c1ccc(O)c(C)c1. The molecule has 9 nitrogen and oxygen atoms in total. The van der Waals surface area contributed by atoms with Crippen LogP contribution in [-0.4, -0.2) is 69.8 Å². The minimum Gasteiger partial charge on any atom is -0.508 e. The Hall–Kier alpha value is -2.95. The maximum absolute atomic E-state index is 14.0. The summed E-state index contributed by atoms with van der Waals surface area (Å²) in [5.74, 6) is -0.554. The number of aryl methyl sites for hydroxylation is 2. The first-order chi connectivity index (χ1) is 18.3. The number of aliphatic hydroxyl groups excluding tert-OH is 1. The van der Waals surface area contributed by atoms with E-state index < -0.39 is 42.2 Å². The Kier molecular flexibility index (Phi) is 11.9. The van der Waals surface area contributed by atoms with Crippen molar-refractivity contribution in [2.75, 3.05) is 30.5 Å². The molecule has 0 bridgehead atoms. The fourth-order valence-electron chi connectivity index (χ4n) is 3.92. The highest BCUT2D eigenvalue weighted by molar-refractivity contribution is 7.98. The van der Waals surface area contributed by atoms with E-state index in [1.165, 1.54) is 22.7 Å². The lowest BCUT2D eigenvalue weighted by Crippen LogP contribution is -2.53. The van der Waals surface area contributed by atoms with Crippen LogP contribution in [0, 0.1) is 13.8 Å². The van der Waals surface area contributed by atoms with E-state index in [0.29, 0.717) is 27.6 Å². The monoisotopic (exact) mass is 579 g/mol. The van der Waals surface area contributed by atoms with E-state index in [1.807, 2.05) is 6.26 Å². The molecule has 2 rings (SSSR count). The summed E-state index contributed by atoms with van der Waals surface area (Å²) in [5.41, 5.74) is 1.25. The number of hydrogen-bond donors (Lipinski definition) is 4. The molecule has 0 aliphatic heterocycles. The number of amides is 3. The van der Waals surface area contributed by atoms with Crippen LogP contribution in [0.3, 0.4) is 0 Å². The molecule has 0 aromatic heterocycles. The summed E-state index contributed by atoms with van der Waals surface area (Å²) in [6.45, 7) is 7.99. The molecule has 0 aliphatic rings. The largest absolute Gasteiger partial charge is 0.508 e. The Balaban J connectivity index is 2.56. The van der Waals surface area contributed by atoms with Crippen LogP contribution in [-0.2, 0) is 14.3 Å². The normalized spacial score (nSPS) is 12.8. The Morgan fingerprint density at radius 1 is 1.13 bits per heavy atom. The molecule has 3 amide bonds. The van der Waals surface area contributed by atoms with Gasteiger partial charge < -0.3 is 30.5 Å². The lowest BCUT2D eigenvalue weighted by atomic mass is 9.99. The zero-order valence-corrected chi connectivity index (χ0v) is 24.8. The molecule has 39 heavy (non-hydrogen) atoms. The first-order valence-corrected chi connectivity index (χ1v) is 14.3. The van der Waals surface area contributed by atoms with Crippen LogP contribution in [0.4, 0.5) is 10.5 Å². The standard InChI is InChI=1S/C28H38ClN3O6S/c1-17-8-7-9-20(29)23(17)31-25(35)24(19-10-11-22(34)18(2)16-19)32(13-14-33)26(36)21(12-15-39-6)30-27(37)38-28(3,4)5/h7-11,16,21,24,33-34H,12-15H2,1-6H3,(H,30,37)(H,31,35). The number of ether oxygens (including phenoxy) is 1. The molecular formula is C28H38ClN3O6S. The van der Waals surface area contributed by atoms with Gasteiger partial charge in [0.05, 0.1) is 17.3 Å². The van der Waals surface area contributed by atoms with Crippen LogP contribution < -0.4 is 10.6 Å². The summed E-state index contributed by atoms with van der Waals surface area (Å²) in [7, 11) is 0. The van der Waals surface area contributed by atoms with E-state index in [4.69, 9.17) is 16.3 Å². The van der Waals surface area contributed by atoms with Crippen LogP contribution in [0.25, 0.3) is 0 Å². The van der Waals surface area contributed by atoms with Gasteiger partial charge in [-0.25, -0.2) is 4.79 Å². The number of para-hydroxylation sites is 1. The molecule has 2 unspecified atom stereocenters. The van der Waals surface area contributed by atoms with E-state index in [2.05, 4.69) is 10.6 Å². The number of benzene rings is 2. The topological polar surface area (TPSA) is 128 Å². The molecular weight excluding hydrogens is 542 g/mol. The number of halogens is 1. The molecule has 0 fully saturated rings. The molecule has 4 N–H and O–H groups in total. The molecule has 2 aromatic rings. The minimum atomic E-state index is -1.21. The predicted molar refractivity (Wildman–Crippen MR) is 155 cm³/mol. The molecule has 0 saturated carbocycles. The third kappa shape index (κ3) is 9.33. The van der Waals surface area contributed by atoms with Crippen molar-refractivity contribution in [2.24, 2.45) is 0 Å². The zero-order valence-electron chi connectivity index (χ0n) is 23.2. The quantitative estimate of drug-likeness (QED) is 0.301. The van der Waals surface area contributed by atoms with Crippen molar-refractivity contribution in [1.29, 1.82) is 0 Å². The van der Waals surface area contributed by atoms with Gasteiger partial charge in [0.15, 0.2) is 0 Å². The van der Waals surface area contributed by atoms with E-state index >= 15 is 0 Å². The van der Waals surface area contributed by atoms with Gasteiger partial charge in [0.2, 0.25) is 5.91 Å². The summed E-state index contributed by atoms with van der Waals surface area (Å²) >= 11 is 7.86. The Morgan fingerprint density at radius 3 is 2.38 bits per heavy atom. The fraction of sp³-hybridized carbons (Fsp3) is 0.464. The maximum Gasteiger partial charge on any atom is 0.408 e. The van der Waals surface area contributed by atoms with Crippen molar-refractivity contribution in [3.8, 4) is 5.75 Å². The van der Waals surface area contributed by atoms with Crippen LogP contribution in [0.1, 0.15) is 49.9 Å². The van der Waals surface area contributed by atoms with E-state index in [-0.39, 0.29) is 18.7 Å². The molecule has 2 aromatic carbocycles. The number of alkyl carbamates (subject to hydrolysis) is 1. The Morgan fingerprint density at radius 2 is 1.82 bits per heavy atom. The average Bonchev–Trinajstić information content (AvgIpc) is 2.84. The van der Waals surface area contributed by atoms with Crippen molar-refractivity contribution in [3.05, 3.63) is 58.1 Å². The minimum absolute atomic E-state index is 0.0318. The number of rotatable bonds is 11. The summed E-state index contributed by atoms with van der Waals surface area (Å²) in [5, 5.41) is 25.8. The third-order valence-corrected chi connectivity index (χ3v) is 6.75. The number of carbonyl (C=O) groups is 3. The van der Waals surface area contributed by atoms with Gasteiger partial charge >= 0.3 is 6.09 Å². The zero-order chi connectivity index (χ0) is 29.3. The number of anilines is 1. The number of aliphatic hydroxyl groups is 1. The van der Waals surface area contributed by atoms with Crippen molar-refractivity contribution >= 4 is 47.0 Å². The average molecular weight is 580 g/mol. The molecule has 0 radical (unpaired) electrons. The van der Waals surface area contributed by atoms with Crippen LogP contribution >= 0.6 is 23.4 Å². The summed E-state index contributed by atoms with van der Waals surface area (Å²) in [6, 6.07) is 7.55. The summed E-state index contributed by atoms with van der Waals surface area (Å²) in [6.07, 6.45) is 1.38. The lowest BCUT2D eigenvalue weighted by molar-refractivity contribution is -0.141. The lowest BCUT2D eigenvalue weighted by Gasteiger charge is -2.34. The highest BCUT2D eigenvalue weighted by atomic mass is 35.5.